The summed E-state index contributed by atoms with van der Waals surface area (Å²) in [6.45, 7) is 3.76. The number of hydrogen-bond acceptors (Lipinski definition) is 4. The van der Waals surface area contributed by atoms with Gasteiger partial charge in [0.15, 0.2) is 6.61 Å². The molecule has 30 heavy (non-hydrogen) atoms. The van der Waals surface area contributed by atoms with E-state index in [1.165, 1.54) is 24.3 Å². The van der Waals surface area contributed by atoms with Crippen molar-refractivity contribution in [3.63, 3.8) is 0 Å². The largest absolute Gasteiger partial charge is 0.484 e. The quantitative estimate of drug-likeness (QED) is 0.549. The van der Waals surface area contributed by atoms with Gasteiger partial charge in [-0.3, -0.25) is 9.52 Å². The molecular weight excluding hydrogens is 424 g/mol. The fourth-order valence-corrected chi connectivity index (χ4v) is 4.00. The van der Waals surface area contributed by atoms with Gasteiger partial charge in [0.05, 0.1) is 4.90 Å². The summed E-state index contributed by atoms with van der Waals surface area (Å²) in [5.74, 6) is 0.279. The zero-order valence-electron chi connectivity index (χ0n) is 16.5. The molecule has 0 heterocycles. The van der Waals surface area contributed by atoms with Gasteiger partial charge in [0.2, 0.25) is 0 Å². The standard InChI is InChI=1S/C22H21ClN2O4S/c1-15-11-16(2)13-20(12-15)29-14-22(26)24-18-7-9-21(10-8-18)30(27,28)25-19-5-3-17(23)4-6-19/h3-13,25H,14H2,1-2H3,(H,24,26). The molecule has 0 aromatic heterocycles. The summed E-state index contributed by atoms with van der Waals surface area (Å²) < 4.78 is 33.0. The van der Waals surface area contributed by atoms with Crippen molar-refractivity contribution in [3.8, 4) is 5.75 Å². The number of hydrogen-bond donors (Lipinski definition) is 2. The molecule has 156 valence electrons. The van der Waals surface area contributed by atoms with Gasteiger partial charge in [0.1, 0.15) is 5.75 Å². The van der Waals surface area contributed by atoms with Gasteiger partial charge in [0.25, 0.3) is 15.9 Å². The Morgan fingerprint density at radius 1 is 0.900 bits per heavy atom. The van der Waals surface area contributed by atoms with E-state index in [1.54, 1.807) is 24.3 Å². The van der Waals surface area contributed by atoms with Crippen molar-refractivity contribution < 1.29 is 17.9 Å². The predicted octanol–water partition coefficient (Wildman–Crippen LogP) is 4.78. The van der Waals surface area contributed by atoms with Crippen LogP contribution < -0.4 is 14.8 Å². The number of halogens is 1. The lowest BCUT2D eigenvalue weighted by molar-refractivity contribution is -0.118. The SMILES string of the molecule is Cc1cc(C)cc(OCC(=O)Nc2ccc(S(=O)(=O)Nc3ccc(Cl)cc3)cc2)c1. The summed E-state index contributed by atoms with van der Waals surface area (Å²) >= 11 is 5.81. The third-order valence-electron chi connectivity index (χ3n) is 4.11. The summed E-state index contributed by atoms with van der Waals surface area (Å²) in [4.78, 5) is 12.2. The summed E-state index contributed by atoms with van der Waals surface area (Å²) in [7, 11) is -3.76. The van der Waals surface area contributed by atoms with E-state index in [-0.39, 0.29) is 17.4 Å². The molecular formula is C22H21ClN2O4S. The molecule has 1 amide bonds. The van der Waals surface area contributed by atoms with Gasteiger partial charge in [-0.25, -0.2) is 8.42 Å². The van der Waals surface area contributed by atoms with Gasteiger partial charge in [-0.05, 0) is 85.6 Å². The number of amides is 1. The maximum Gasteiger partial charge on any atom is 0.262 e. The first-order valence-corrected chi connectivity index (χ1v) is 11.0. The maximum absolute atomic E-state index is 12.5. The second kappa shape index (κ2) is 9.19. The molecule has 6 nitrogen and oxygen atoms in total. The van der Waals surface area contributed by atoms with E-state index in [0.717, 1.165) is 11.1 Å². The number of ether oxygens (including phenoxy) is 1. The van der Waals surface area contributed by atoms with Crippen LogP contribution in [0.4, 0.5) is 11.4 Å². The van der Waals surface area contributed by atoms with Crippen LogP contribution in [0, 0.1) is 13.8 Å². The van der Waals surface area contributed by atoms with Crippen molar-refractivity contribution in [2.75, 3.05) is 16.6 Å². The molecule has 0 aliphatic rings. The number of nitrogens with one attached hydrogen (secondary N) is 2. The van der Waals surface area contributed by atoms with Crippen LogP contribution in [0.2, 0.25) is 5.02 Å². The summed E-state index contributed by atoms with van der Waals surface area (Å²) in [6, 6.07) is 17.9. The number of carbonyl (C=O) groups excluding carboxylic acids is 1. The summed E-state index contributed by atoms with van der Waals surface area (Å²) in [5, 5.41) is 3.20. The smallest absolute Gasteiger partial charge is 0.262 e. The minimum absolute atomic E-state index is 0.0712. The highest BCUT2D eigenvalue weighted by molar-refractivity contribution is 7.92. The van der Waals surface area contributed by atoms with E-state index in [1.807, 2.05) is 32.0 Å². The van der Waals surface area contributed by atoms with E-state index < -0.39 is 10.0 Å². The van der Waals surface area contributed by atoms with E-state index in [9.17, 15) is 13.2 Å². The highest BCUT2D eigenvalue weighted by Gasteiger charge is 2.14. The third-order valence-corrected chi connectivity index (χ3v) is 5.76. The molecule has 0 aliphatic carbocycles. The fourth-order valence-electron chi connectivity index (χ4n) is 2.81. The molecule has 0 bridgehead atoms. The monoisotopic (exact) mass is 444 g/mol. The molecule has 8 heteroatoms. The number of sulfonamides is 1. The lowest BCUT2D eigenvalue weighted by Gasteiger charge is -2.11. The lowest BCUT2D eigenvalue weighted by atomic mass is 10.1. The molecule has 0 atom stereocenters. The maximum atomic E-state index is 12.5. The molecule has 3 aromatic rings. The topological polar surface area (TPSA) is 84.5 Å². The van der Waals surface area contributed by atoms with Crippen LogP contribution in [-0.2, 0) is 14.8 Å². The second-order valence-electron chi connectivity index (χ2n) is 6.80. The second-order valence-corrected chi connectivity index (χ2v) is 8.92. The first-order chi connectivity index (χ1) is 14.2. The third kappa shape index (κ3) is 5.98. The van der Waals surface area contributed by atoms with Gasteiger partial charge in [-0.1, -0.05) is 17.7 Å². The molecule has 0 saturated carbocycles. The van der Waals surface area contributed by atoms with Crippen LogP contribution in [0.25, 0.3) is 0 Å². The van der Waals surface area contributed by atoms with Gasteiger partial charge in [-0.15, -0.1) is 0 Å². The van der Waals surface area contributed by atoms with Gasteiger partial charge >= 0.3 is 0 Å². The molecule has 0 fully saturated rings. The van der Waals surface area contributed by atoms with Crippen molar-refractivity contribution in [1.82, 2.24) is 0 Å². The minimum atomic E-state index is -3.76. The van der Waals surface area contributed by atoms with Gasteiger partial charge < -0.3 is 10.1 Å². The van der Waals surface area contributed by atoms with Crippen molar-refractivity contribution in [3.05, 3.63) is 82.9 Å². The predicted molar refractivity (Wildman–Crippen MR) is 119 cm³/mol. The van der Waals surface area contributed by atoms with Crippen LogP contribution in [0.1, 0.15) is 11.1 Å². The van der Waals surface area contributed by atoms with Crippen LogP contribution in [-0.4, -0.2) is 20.9 Å². The van der Waals surface area contributed by atoms with Gasteiger partial charge in [-0.2, -0.15) is 0 Å². The molecule has 0 spiro atoms. The van der Waals surface area contributed by atoms with Crippen LogP contribution in [0.5, 0.6) is 5.75 Å². The Morgan fingerprint density at radius 3 is 2.07 bits per heavy atom. The molecule has 0 radical (unpaired) electrons. The summed E-state index contributed by atoms with van der Waals surface area (Å²) in [6.07, 6.45) is 0. The zero-order chi connectivity index (χ0) is 21.7. The van der Waals surface area contributed by atoms with E-state index in [0.29, 0.717) is 22.1 Å². The molecule has 0 unspecified atom stereocenters. The van der Waals surface area contributed by atoms with Crippen molar-refractivity contribution in [1.29, 1.82) is 0 Å². The number of carbonyl (C=O) groups is 1. The Morgan fingerprint density at radius 2 is 1.47 bits per heavy atom. The summed E-state index contributed by atoms with van der Waals surface area (Å²) in [5.41, 5.74) is 2.97. The van der Waals surface area contributed by atoms with Crippen molar-refractivity contribution in [2.45, 2.75) is 18.7 Å². The van der Waals surface area contributed by atoms with Crippen LogP contribution in [0.3, 0.4) is 0 Å². The van der Waals surface area contributed by atoms with Crippen LogP contribution in [0.15, 0.2) is 71.6 Å². The number of rotatable bonds is 7. The highest BCUT2D eigenvalue weighted by Crippen LogP contribution is 2.20. The normalized spacial score (nSPS) is 11.0. The van der Waals surface area contributed by atoms with Gasteiger partial charge in [0, 0.05) is 16.4 Å². The molecule has 3 aromatic carbocycles. The Bertz CT molecular complexity index is 1120. The molecule has 0 aliphatic heterocycles. The Labute approximate surface area is 180 Å². The molecule has 0 saturated heterocycles. The average Bonchev–Trinajstić information content (AvgIpc) is 2.68. The van der Waals surface area contributed by atoms with E-state index >= 15 is 0 Å². The van der Waals surface area contributed by atoms with Crippen molar-refractivity contribution >= 4 is 38.9 Å². The Kier molecular flexibility index (Phi) is 6.64. The zero-order valence-corrected chi connectivity index (χ0v) is 18.0. The average molecular weight is 445 g/mol. The fraction of sp³-hybridized carbons (Fsp3) is 0.136. The Hall–Kier alpha value is -3.03. The first-order valence-electron chi connectivity index (χ1n) is 9.11. The van der Waals surface area contributed by atoms with E-state index in [4.69, 9.17) is 16.3 Å². The molecule has 3 rings (SSSR count). The highest BCUT2D eigenvalue weighted by atomic mass is 35.5. The lowest BCUT2D eigenvalue weighted by Crippen LogP contribution is -2.20. The van der Waals surface area contributed by atoms with Crippen molar-refractivity contribution in [2.24, 2.45) is 0 Å². The number of benzene rings is 3. The Balaban J connectivity index is 1.59. The molecule has 2 N–H and O–H groups in total. The number of anilines is 2. The first kappa shape index (κ1) is 21.7. The van der Waals surface area contributed by atoms with E-state index in [2.05, 4.69) is 10.0 Å². The van der Waals surface area contributed by atoms with Crippen LogP contribution >= 0.6 is 11.6 Å². The number of aryl methyl sites for hydroxylation is 2. The minimum Gasteiger partial charge on any atom is -0.484 e.